The van der Waals surface area contributed by atoms with E-state index in [0.717, 1.165) is 21.4 Å². The first-order chi connectivity index (χ1) is 39.2. The Balaban J connectivity index is 0.721. The minimum Gasteiger partial charge on any atom is -0.480 e. The highest BCUT2D eigenvalue weighted by Gasteiger charge is 2.89. The van der Waals surface area contributed by atoms with Gasteiger partial charge in [0.1, 0.15) is 24.1 Å². The molecule has 4 aromatic carbocycles. The predicted molar refractivity (Wildman–Crippen MR) is 309 cm³/mol. The van der Waals surface area contributed by atoms with Crippen LogP contribution in [0.1, 0.15) is 67.9 Å². The lowest BCUT2D eigenvalue weighted by atomic mass is 9.90. The van der Waals surface area contributed by atoms with Gasteiger partial charge in [0.2, 0.25) is 17.7 Å². The van der Waals surface area contributed by atoms with Crippen molar-refractivity contribution >= 4 is 133 Å². The number of hydrogen-bond donors (Lipinski definition) is 4. The van der Waals surface area contributed by atoms with Gasteiger partial charge in [-0.3, -0.25) is 38.7 Å². The summed E-state index contributed by atoms with van der Waals surface area (Å²) >= 11 is 13.2. The van der Waals surface area contributed by atoms with E-state index in [1.807, 2.05) is 30.3 Å². The van der Waals surface area contributed by atoms with Crippen molar-refractivity contribution in [1.82, 2.24) is 20.0 Å². The van der Waals surface area contributed by atoms with E-state index in [-0.39, 0.29) is 122 Å². The number of carboxylic acid groups (broad SMARTS) is 1. The molecule has 21 nitrogen and oxygen atoms in total. The monoisotopic (exact) mass is 1220 g/mol. The van der Waals surface area contributed by atoms with E-state index >= 15 is 4.79 Å². The van der Waals surface area contributed by atoms with Gasteiger partial charge in [-0.2, -0.15) is 0 Å². The number of halogens is 2. The second-order valence-corrected chi connectivity index (χ2v) is 26.2. The fourth-order valence-electron chi connectivity index (χ4n) is 12.7. The molecule has 0 aromatic heterocycles. The fraction of sp³-hybridized carbons (Fsp3) is 0.464. The molecule has 3 saturated carbocycles. The van der Waals surface area contributed by atoms with Gasteiger partial charge in [-0.25, -0.2) is 18.9 Å². The quantitative estimate of drug-likeness (QED) is 0.0171. The average Bonchev–Trinajstić information content (AvgIpc) is 1.63. The molecule has 3 aliphatic heterocycles. The van der Waals surface area contributed by atoms with Crippen LogP contribution in [0.3, 0.4) is 0 Å². The van der Waals surface area contributed by atoms with E-state index < -0.39 is 49.3 Å². The average molecular weight is 1220 g/mol. The van der Waals surface area contributed by atoms with Crippen LogP contribution in [0.25, 0.3) is 21.5 Å². The Kier molecular flexibility index (Phi) is 17.2. The van der Waals surface area contributed by atoms with Gasteiger partial charge >= 0.3 is 26.0 Å². The van der Waals surface area contributed by atoms with Gasteiger partial charge in [-0.1, -0.05) is 76.5 Å². The Bertz CT molecular complexity index is 3350. The third-order valence-electron chi connectivity index (χ3n) is 16.8. The first-order valence-electron chi connectivity index (χ1n) is 26.9. The number of fused-ring (bicyclic) bond motifs is 6. The van der Waals surface area contributed by atoms with E-state index in [9.17, 15) is 53.0 Å². The predicted octanol–water partition coefficient (Wildman–Crippen LogP) is 7.85. The summed E-state index contributed by atoms with van der Waals surface area (Å²) < 4.78 is 28.8. The van der Waals surface area contributed by atoms with Gasteiger partial charge in [-0.15, -0.1) is 23.2 Å². The Hall–Kier alpha value is -6.07. The minimum atomic E-state index is -4.97. The molecule has 7 amide bonds. The minimum absolute atomic E-state index is 0.00789. The molecule has 26 heteroatoms. The molecule has 1 spiro atoms. The molecule has 4 aromatic rings. The zero-order valence-corrected chi connectivity index (χ0v) is 48.9. The zero-order valence-electron chi connectivity index (χ0n) is 44.8. The number of carboxylic acids is 1. The van der Waals surface area contributed by atoms with Crippen LogP contribution in [0.4, 0.5) is 21.0 Å². The normalized spacial score (nSPS) is 23.1. The molecule has 4 N–H and O–H groups in total. The number of alkyl halides is 2. The van der Waals surface area contributed by atoms with Gasteiger partial charge in [-0.05, 0) is 65.3 Å². The first kappa shape index (κ1) is 59.1. The van der Waals surface area contributed by atoms with E-state index in [0.29, 0.717) is 71.8 Å². The van der Waals surface area contributed by atoms with Gasteiger partial charge < -0.3 is 44.0 Å². The molecule has 0 radical (unpaired) electrons. The molecule has 7 atom stereocenters. The van der Waals surface area contributed by atoms with Crippen molar-refractivity contribution in [1.29, 1.82) is 0 Å². The molecular formula is C56H61Cl2N6O15PS2. The molecule has 436 valence electrons. The van der Waals surface area contributed by atoms with Crippen LogP contribution in [0, 0.1) is 22.7 Å². The number of aliphatic carboxylic acids is 1. The largest absolute Gasteiger partial charge is 0.524 e. The highest BCUT2D eigenvalue weighted by molar-refractivity contribution is 8.76. The second kappa shape index (κ2) is 23.9. The summed E-state index contributed by atoms with van der Waals surface area (Å²) in [5, 5.41) is 14.8. The van der Waals surface area contributed by atoms with Crippen LogP contribution >= 0.6 is 52.6 Å². The van der Waals surface area contributed by atoms with Crippen molar-refractivity contribution < 1.29 is 71.8 Å². The zero-order chi connectivity index (χ0) is 58.4. The summed E-state index contributed by atoms with van der Waals surface area (Å²) in [6.07, 6.45) is 4.36. The number of phosphoric acid groups is 1. The van der Waals surface area contributed by atoms with E-state index in [1.165, 1.54) is 63.7 Å². The number of likely N-dealkylation sites (N-methyl/N-ethyl adjacent to an activating group) is 2. The number of imide groups is 1. The Labute approximate surface area is 489 Å². The third kappa shape index (κ3) is 11.5. The number of hydrogen-bond acceptors (Lipinski definition) is 14. The molecule has 0 saturated heterocycles. The van der Waals surface area contributed by atoms with E-state index in [1.54, 1.807) is 34.1 Å². The van der Waals surface area contributed by atoms with E-state index in [4.69, 9.17) is 37.2 Å². The lowest BCUT2D eigenvalue weighted by molar-refractivity contribution is -0.141. The summed E-state index contributed by atoms with van der Waals surface area (Å²) in [6.45, 7) is 0.956. The maximum Gasteiger partial charge on any atom is 0.524 e. The summed E-state index contributed by atoms with van der Waals surface area (Å²) in [5.41, 5.74) is 1.55. The third-order valence-corrected chi connectivity index (χ3v) is 20.4. The SMILES string of the molecule is CN(CCN(C)C(=O)Oc1cc2c(c3ccccc13)C(CCl)CN2C(=O)C12CC(C(=O)N3CC(CCl)c4c3cc(OP(=O)(O)O)c3ccccc43)C3CC31C2)C(=O)OCCSSCC(NC(=O)CCCCCN1C(=O)C=CC1=O)C(=O)O. The summed E-state index contributed by atoms with van der Waals surface area (Å²) in [6, 6.07) is 16.6. The number of ether oxygens (including phenoxy) is 2. The maximum atomic E-state index is 15.3. The lowest BCUT2D eigenvalue weighted by Gasteiger charge is -2.28. The van der Waals surface area contributed by atoms with Gasteiger partial charge in [0.05, 0.1) is 16.8 Å². The van der Waals surface area contributed by atoms with Crippen molar-refractivity contribution in [3.05, 3.63) is 83.9 Å². The Morgan fingerprint density at radius 1 is 0.793 bits per heavy atom. The number of carbonyl (C=O) groups is 8. The topological polar surface area (TPSA) is 270 Å². The number of carbonyl (C=O) groups excluding carboxylic acids is 7. The van der Waals surface area contributed by atoms with Gasteiger partial charge in [0, 0.05) is 129 Å². The van der Waals surface area contributed by atoms with Crippen molar-refractivity contribution in [3.63, 3.8) is 0 Å². The van der Waals surface area contributed by atoms with Crippen molar-refractivity contribution in [3.8, 4) is 11.5 Å². The number of rotatable bonds is 24. The molecule has 6 aliphatic rings. The number of nitrogens with one attached hydrogen (secondary N) is 1. The maximum absolute atomic E-state index is 15.3. The lowest BCUT2D eigenvalue weighted by Crippen LogP contribution is -2.42. The second-order valence-electron chi connectivity index (χ2n) is 21.8. The molecule has 3 fully saturated rings. The standard InChI is InChI=1S/C56H61Cl2N6O15PS2/c1-60(53(72)77-20-21-81-82-30-40(51(69)70)59-45(65)14-4-3-9-17-62-46(66)15-16-47(62)67)18-19-61(2)54(73)78-43-22-42-49(36-12-7-5-10-34(36)43)33(27-58)29-64(42)52(71)56-24-38(39-25-55(39,56)31-56)50(68)63-28-32(26-57)48-37-13-8-6-11-35(37)44(23-41(48)63)79-80(74,75)76/h5-8,10-13,15-16,22-23,32-33,38-40H,3-4,9,14,17-21,24-31H2,1-2H3,(H,59,65)(H,69,70)(H2,74,75,76). The highest BCUT2D eigenvalue weighted by Crippen LogP contribution is 2.91. The van der Waals surface area contributed by atoms with Crippen LogP contribution in [0.2, 0.25) is 0 Å². The highest BCUT2D eigenvalue weighted by atomic mass is 35.5. The van der Waals surface area contributed by atoms with Gasteiger partial charge in [0.25, 0.3) is 11.8 Å². The molecule has 10 rings (SSSR count). The Morgan fingerprint density at radius 3 is 2.00 bits per heavy atom. The van der Waals surface area contributed by atoms with Crippen LogP contribution in [-0.4, -0.2) is 160 Å². The first-order valence-corrected chi connectivity index (χ1v) is 32.0. The smallest absolute Gasteiger partial charge is 0.480 e. The van der Waals surface area contributed by atoms with Crippen molar-refractivity contribution in [2.45, 2.75) is 62.8 Å². The molecule has 3 heterocycles. The van der Waals surface area contributed by atoms with Gasteiger partial charge in [0.15, 0.2) is 0 Å². The molecule has 3 aliphatic carbocycles. The van der Waals surface area contributed by atoms with Crippen LogP contribution in [0.15, 0.2) is 72.8 Å². The van der Waals surface area contributed by atoms with E-state index in [2.05, 4.69) is 5.32 Å². The number of nitrogens with zero attached hydrogens (tertiary/aromatic N) is 5. The number of phosphoric ester groups is 1. The van der Waals surface area contributed by atoms with Crippen LogP contribution in [-0.2, 0) is 38.1 Å². The summed E-state index contributed by atoms with van der Waals surface area (Å²) in [5.74, 6) is -2.70. The molecular weight excluding hydrogens is 1160 g/mol. The number of amides is 7. The number of benzene rings is 4. The summed E-state index contributed by atoms with van der Waals surface area (Å²) in [4.78, 5) is 131. The number of unbranched alkanes of at least 4 members (excludes halogenated alkanes) is 2. The number of anilines is 2. The fourth-order valence-corrected chi connectivity index (χ4v) is 15.6. The molecule has 7 unspecified atom stereocenters. The summed E-state index contributed by atoms with van der Waals surface area (Å²) in [7, 11) is 0.553. The van der Waals surface area contributed by atoms with Crippen molar-refractivity contribution in [2.75, 3.05) is 86.5 Å². The molecule has 82 heavy (non-hydrogen) atoms. The van der Waals surface area contributed by atoms with Crippen LogP contribution in [0.5, 0.6) is 11.5 Å². The molecule has 0 bridgehead atoms. The van der Waals surface area contributed by atoms with Crippen molar-refractivity contribution in [2.24, 2.45) is 22.7 Å². The Morgan fingerprint density at radius 2 is 1.38 bits per heavy atom. The van der Waals surface area contributed by atoms with Crippen LogP contribution < -0.4 is 24.4 Å².